The van der Waals surface area contributed by atoms with E-state index in [0.29, 0.717) is 0 Å². The zero-order valence-electron chi connectivity index (χ0n) is 12.5. The predicted octanol–water partition coefficient (Wildman–Crippen LogP) is 1.26. The summed E-state index contributed by atoms with van der Waals surface area (Å²) < 4.78 is 4.07. The van der Waals surface area contributed by atoms with Crippen molar-refractivity contribution in [1.29, 1.82) is 0 Å². The van der Waals surface area contributed by atoms with Crippen LogP contribution in [0.25, 0.3) is 11.2 Å². The van der Waals surface area contributed by atoms with Crippen molar-refractivity contribution >= 4 is 22.8 Å². The lowest BCUT2D eigenvalue weighted by molar-refractivity contribution is 0.286. The molecule has 7 heteroatoms. The second-order valence-electron chi connectivity index (χ2n) is 5.54. The molecule has 1 aliphatic heterocycles. The molecule has 0 radical (unpaired) electrons. The maximum absolute atomic E-state index is 6.34. The first kappa shape index (κ1) is 13.7. The molecule has 6 nitrogen and oxygen atoms in total. The van der Waals surface area contributed by atoms with Gasteiger partial charge in [0, 0.05) is 33.2 Å². The van der Waals surface area contributed by atoms with E-state index in [0.717, 1.165) is 48.9 Å². The summed E-state index contributed by atoms with van der Waals surface area (Å²) in [5, 5.41) is 6.67. The van der Waals surface area contributed by atoms with Crippen LogP contribution in [0.4, 0.5) is 0 Å². The van der Waals surface area contributed by atoms with E-state index in [1.54, 1.807) is 0 Å². The highest BCUT2D eigenvalue weighted by Crippen LogP contribution is 2.26. The molecule has 0 amide bonds. The number of aromatic nitrogens is 4. The number of hydrogen-bond donors (Lipinski definition) is 0. The van der Waals surface area contributed by atoms with Crippen molar-refractivity contribution < 1.29 is 0 Å². The Kier molecular flexibility index (Phi) is 3.38. The lowest BCUT2D eigenvalue weighted by Gasteiger charge is -2.35. The van der Waals surface area contributed by atoms with Crippen molar-refractivity contribution in [2.24, 2.45) is 7.05 Å². The zero-order valence-corrected chi connectivity index (χ0v) is 13.2. The first-order valence-corrected chi connectivity index (χ1v) is 7.42. The highest BCUT2D eigenvalue weighted by atomic mass is 35.5. The summed E-state index contributed by atoms with van der Waals surface area (Å²) in [5.74, 6) is 0.905. The maximum Gasteiger partial charge on any atom is 0.177 e. The third-order valence-corrected chi connectivity index (χ3v) is 4.12. The molecule has 0 aromatic carbocycles. The van der Waals surface area contributed by atoms with Gasteiger partial charge in [-0.15, -0.1) is 11.6 Å². The molecule has 1 unspecified atom stereocenters. The standard InChI is InChI=1S/C13H21ClN6/c1-9(14)12-15-11-10(2)16-18(4)13(11)20(12)19-7-5-17(3)6-8-19/h9H,5-8H2,1-4H3. The Labute approximate surface area is 123 Å². The van der Waals surface area contributed by atoms with Crippen molar-refractivity contribution in [2.75, 3.05) is 38.2 Å². The average molecular weight is 297 g/mol. The fraction of sp³-hybridized carbons (Fsp3) is 0.692. The molecule has 1 aliphatic rings. The minimum Gasteiger partial charge on any atom is -0.307 e. The summed E-state index contributed by atoms with van der Waals surface area (Å²) in [4.78, 5) is 7.06. The highest BCUT2D eigenvalue weighted by Gasteiger charge is 2.25. The second kappa shape index (κ2) is 4.93. The van der Waals surface area contributed by atoms with Gasteiger partial charge in [-0.1, -0.05) is 0 Å². The van der Waals surface area contributed by atoms with Crippen LogP contribution in [-0.2, 0) is 7.05 Å². The van der Waals surface area contributed by atoms with Gasteiger partial charge in [-0.2, -0.15) is 5.10 Å². The van der Waals surface area contributed by atoms with Gasteiger partial charge in [0.15, 0.2) is 5.65 Å². The molecule has 2 aromatic heterocycles. The normalized spacial score (nSPS) is 18.9. The van der Waals surface area contributed by atoms with Crippen LogP contribution in [0.3, 0.4) is 0 Å². The Morgan fingerprint density at radius 1 is 1.15 bits per heavy atom. The predicted molar refractivity (Wildman–Crippen MR) is 81.0 cm³/mol. The SMILES string of the molecule is Cc1nn(C)c2c1nc(C(C)Cl)n2N1CCN(C)CC1. The number of halogens is 1. The fourth-order valence-corrected chi connectivity index (χ4v) is 2.95. The first-order chi connectivity index (χ1) is 9.49. The third kappa shape index (κ3) is 2.07. The third-order valence-electron chi connectivity index (χ3n) is 3.92. The van der Waals surface area contributed by atoms with E-state index in [4.69, 9.17) is 16.6 Å². The smallest absolute Gasteiger partial charge is 0.177 e. The van der Waals surface area contributed by atoms with Crippen LogP contribution in [0.5, 0.6) is 0 Å². The van der Waals surface area contributed by atoms with Gasteiger partial charge < -0.3 is 9.91 Å². The van der Waals surface area contributed by atoms with E-state index >= 15 is 0 Å². The molecule has 2 aromatic rings. The van der Waals surface area contributed by atoms with Crippen LogP contribution >= 0.6 is 11.6 Å². The molecule has 3 heterocycles. The van der Waals surface area contributed by atoms with Crippen LogP contribution in [0.1, 0.15) is 23.8 Å². The minimum absolute atomic E-state index is 0.124. The number of aryl methyl sites for hydroxylation is 2. The molecule has 0 bridgehead atoms. The van der Waals surface area contributed by atoms with Gasteiger partial charge in [0.05, 0.1) is 11.1 Å². The quantitative estimate of drug-likeness (QED) is 0.783. The monoisotopic (exact) mass is 296 g/mol. The number of imidazole rings is 1. The van der Waals surface area contributed by atoms with Crippen LogP contribution in [0, 0.1) is 6.92 Å². The second-order valence-corrected chi connectivity index (χ2v) is 6.19. The molecule has 0 saturated carbocycles. The molecule has 3 rings (SSSR count). The molecule has 1 fully saturated rings. The van der Waals surface area contributed by atoms with Crippen molar-refractivity contribution in [3.8, 4) is 0 Å². The number of hydrogen-bond acceptors (Lipinski definition) is 4. The number of alkyl halides is 1. The van der Waals surface area contributed by atoms with E-state index in [9.17, 15) is 0 Å². The van der Waals surface area contributed by atoms with E-state index in [2.05, 4.69) is 26.7 Å². The maximum atomic E-state index is 6.34. The molecule has 110 valence electrons. The number of nitrogens with zero attached hydrogens (tertiary/aromatic N) is 6. The van der Waals surface area contributed by atoms with Gasteiger partial charge in [-0.25, -0.2) is 14.3 Å². The largest absolute Gasteiger partial charge is 0.307 e. The minimum atomic E-state index is -0.124. The number of likely N-dealkylation sites (N-methyl/N-ethyl adjacent to an activating group) is 1. The zero-order chi connectivity index (χ0) is 14.4. The van der Waals surface area contributed by atoms with Crippen LogP contribution < -0.4 is 5.01 Å². The van der Waals surface area contributed by atoms with Gasteiger partial charge in [-0.05, 0) is 20.9 Å². The lowest BCUT2D eigenvalue weighted by Crippen LogP contribution is -2.50. The number of fused-ring (bicyclic) bond motifs is 1. The molecule has 0 N–H and O–H groups in total. The molecule has 1 saturated heterocycles. The van der Waals surface area contributed by atoms with Crippen LogP contribution in [0.15, 0.2) is 0 Å². The Hall–Kier alpha value is -1.27. The van der Waals surface area contributed by atoms with E-state index < -0.39 is 0 Å². The van der Waals surface area contributed by atoms with E-state index in [-0.39, 0.29) is 5.38 Å². The molecule has 0 aliphatic carbocycles. The number of piperazine rings is 1. The van der Waals surface area contributed by atoms with Crippen LogP contribution in [-0.4, -0.2) is 57.6 Å². The van der Waals surface area contributed by atoms with E-state index in [1.165, 1.54) is 0 Å². The summed E-state index contributed by atoms with van der Waals surface area (Å²) in [6.07, 6.45) is 0. The summed E-state index contributed by atoms with van der Waals surface area (Å²) in [5.41, 5.74) is 2.94. The Balaban J connectivity index is 2.13. The summed E-state index contributed by atoms with van der Waals surface area (Å²) in [7, 11) is 4.12. The van der Waals surface area contributed by atoms with Crippen molar-refractivity contribution in [2.45, 2.75) is 19.2 Å². The molecule has 1 atom stereocenters. The molecule has 0 spiro atoms. The summed E-state index contributed by atoms with van der Waals surface area (Å²) in [6.45, 7) is 8.01. The molecule has 20 heavy (non-hydrogen) atoms. The fourth-order valence-electron chi connectivity index (χ4n) is 2.81. The average Bonchev–Trinajstić information content (AvgIpc) is 2.90. The van der Waals surface area contributed by atoms with E-state index in [1.807, 2.05) is 25.6 Å². The molecular formula is C13H21ClN6. The van der Waals surface area contributed by atoms with Gasteiger partial charge in [0.1, 0.15) is 11.3 Å². The van der Waals surface area contributed by atoms with Crippen LogP contribution in [0.2, 0.25) is 0 Å². The Bertz CT molecular complexity index is 620. The van der Waals surface area contributed by atoms with Crippen molar-refractivity contribution in [1.82, 2.24) is 24.3 Å². The summed E-state index contributed by atoms with van der Waals surface area (Å²) >= 11 is 6.34. The van der Waals surface area contributed by atoms with Gasteiger partial charge >= 0.3 is 0 Å². The topological polar surface area (TPSA) is 42.1 Å². The Morgan fingerprint density at radius 3 is 2.40 bits per heavy atom. The van der Waals surface area contributed by atoms with Gasteiger partial charge in [-0.3, -0.25) is 0 Å². The number of rotatable bonds is 2. The molecular weight excluding hydrogens is 276 g/mol. The lowest BCUT2D eigenvalue weighted by atomic mass is 10.4. The van der Waals surface area contributed by atoms with Crippen molar-refractivity contribution in [3.63, 3.8) is 0 Å². The summed E-state index contributed by atoms with van der Waals surface area (Å²) in [6, 6.07) is 0. The van der Waals surface area contributed by atoms with Gasteiger partial charge in [0.2, 0.25) is 0 Å². The van der Waals surface area contributed by atoms with Crippen molar-refractivity contribution in [3.05, 3.63) is 11.5 Å². The first-order valence-electron chi connectivity index (χ1n) is 6.99. The highest BCUT2D eigenvalue weighted by molar-refractivity contribution is 6.20. The Morgan fingerprint density at radius 2 is 1.80 bits per heavy atom. The van der Waals surface area contributed by atoms with Gasteiger partial charge in [0.25, 0.3) is 0 Å².